The Morgan fingerprint density at radius 2 is 1.72 bits per heavy atom. The lowest BCUT2D eigenvalue weighted by atomic mass is 9.90. The predicted octanol–water partition coefficient (Wildman–Crippen LogP) is 5.04. The van der Waals surface area contributed by atoms with E-state index in [9.17, 15) is 10.4 Å². The minimum absolute atomic E-state index is 0.0392. The first kappa shape index (κ1) is 17.5. The highest BCUT2D eigenvalue weighted by Crippen LogP contribution is 2.30. The molecule has 2 aromatic rings. The summed E-state index contributed by atoms with van der Waals surface area (Å²) in [5, 5.41) is 20.7. The molecule has 128 valence electrons. The number of rotatable bonds is 4. The van der Waals surface area contributed by atoms with Crippen molar-refractivity contribution in [2.24, 2.45) is 5.92 Å². The number of aliphatic hydroxyl groups excluding tert-OH is 1. The third-order valence-corrected chi connectivity index (χ3v) is 4.98. The normalized spacial score (nSPS) is 17.0. The Morgan fingerprint density at radius 3 is 2.32 bits per heavy atom. The van der Waals surface area contributed by atoms with Gasteiger partial charge in [0.05, 0.1) is 5.57 Å². The van der Waals surface area contributed by atoms with Crippen LogP contribution < -0.4 is 0 Å². The second-order valence-corrected chi connectivity index (χ2v) is 6.85. The van der Waals surface area contributed by atoms with Crippen LogP contribution in [0.1, 0.15) is 24.0 Å². The zero-order valence-electron chi connectivity index (χ0n) is 14.0. The molecule has 1 aliphatic rings. The average molecular weight is 353 g/mol. The molecule has 0 aliphatic carbocycles. The van der Waals surface area contributed by atoms with Crippen LogP contribution in [0.15, 0.2) is 60.4 Å². The fourth-order valence-corrected chi connectivity index (χ4v) is 3.42. The van der Waals surface area contributed by atoms with Crippen molar-refractivity contribution in [3.8, 4) is 6.07 Å². The van der Waals surface area contributed by atoms with Crippen LogP contribution in [-0.4, -0.2) is 23.1 Å². The number of piperidine rings is 1. The second-order valence-electron chi connectivity index (χ2n) is 6.41. The van der Waals surface area contributed by atoms with Gasteiger partial charge in [-0.2, -0.15) is 5.26 Å². The summed E-state index contributed by atoms with van der Waals surface area (Å²) in [5.41, 5.74) is 2.38. The fourth-order valence-electron chi connectivity index (χ4n) is 3.30. The maximum atomic E-state index is 10.6. The quantitative estimate of drug-likeness (QED) is 0.619. The monoisotopic (exact) mass is 352 g/mol. The topological polar surface area (TPSA) is 47.3 Å². The van der Waals surface area contributed by atoms with Crippen molar-refractivity contribution >= 4 is 17.2 Å². The Labute approximate surface area is 153 Å². The molecule has 0 saturated carbocycles. The van der Waals surface area contributed by atoms with Crippen LogP contribution in [0.5, 0.6) is 0 Å². The van der Waals surface area contributed by atoms with E-state index in [1.54, 1.807) is 24.3 Å². The van der Waals surface area contributed by atoms with Crippen LogP contribution in [0, 0.1) is 17.2 Å². The Bertz CT molecular complexity index is 770. The molecular weight excluding hydrogens is 332 g/mol. The van der Waals surface area contributed by atoms with E-state index in [0.29, 0.717) is 10.6 Å². The van der Waals surface area contributed by atoms with Crippen molar-refractivity contribution in [3.05, 3.63) is 76.5 Å². The Balaban J connectivity index is 1.66. The minimum atomic E-state index is 0.0392. The summed E-state index contributed by atoms with van der Waals surface area (Å²) in [6.07, 6.45) is 1.72. The summed E-state index contributed by atoms with van der Waals surface area (Å²) in [7, 11) is 0. The fraction of sp³-hybridized carbons (Fsp3) is 0.286. The number of nitrogens with zero attached hydrogens (tertiary/aromatic N) is 2. The van der Waals surface area contributed by atoms with Crippen LogP contribution in [0.3, 0.4) is 0 Å². The zero-order valence-corrected chi connectivity index (χ0v) is 14.8. The van der Waals surface area contributed by atoms with Crippen LogP contribution in [0.4, 0.5) is 0 Å². The average Bonchev–Trinajstić information content (AvgIpc) is 2.65. The molecule has 1 saturated heterocycles. The van der Waals surface area contributed by atoms with Crippen molar-refractivity contribution in [3.63, 3.8) is 0 Å². The van der Waals surface area contributed by atoms with Crippen LogP contribution in [-0.2, 0) is 6.54 Å². The van der Waals surface area contributed by atoms with E-state index in [2.05, 4.69) is 35.2 Å². The molecule has 0 amide bonds. The molecule has 2 aromatic carbocycles. The van der Waals surface area contributed by atoms with Gasteiger partial charge in [0.2, 0.25) is 0 Å². The lowest BCUT2D eigenvalue weighted by molar-refractivity contribution is 0.167. The van der Waals surface area contributed by atoms with Gasteiger partial charge in [0.15, 0.2) is 0 Å². The largest absolute Gasteiger partial charge is 0.511 e. The number of aliphatic hydroxyl groups is 1. The smallest absolute Gasteiger partial charge is 0.114 e. The molecule has 25 heavy (non-hydrogen) atoms. The predicted molar refractivity (Wildman–Crippen MR) is 101 cm³/mol. The highest BCUT2D eigenvalue weighted by atomic mass is 35.5. The van der Waals surface area contributed by atoms with Crippen molar-refractivity contribution < 1.29 is 5.11 Å². The summed E-state index contributed by atoms with van der Waals surface area (Å²) in [6.45, 7) is 2.77. The maximum absolute atomic E-state index is 10.6. The van der Waals surface area contributed by atoms with E-state index in [1.807, 2.05) is 6.07 Å². The van der Waals surface area contributed by atoms with E-state index >= 15 is 0 Å². The number of likely N-dealkylation sites (tertiary alicyclic amines) is 1. The van der Waals surface area contributed by atoms with Gasteiger partial charge in [0.1, 0.15) is 11.8 Å². The van der Waals surface area contributed by atoms with Gasteiger partial charge in [0, 0.05) is 17.5 Å². The molecule has 1 heterocycles. The van der Waals surface area contributed by atoms with Crippen molar-refractivity contribution in [1.82, 2.24) is 4.90 Å². The van der Waals surface area contributed by atoms with E-state index in [4.69, 9.17) is 11.6 Å². The number of hydrogen-bond acceptors (Lipinski definition) is 3. The van der Waals surface area contributed by atoms with Gasteiger partial charge in [-0.3, -0.25) is 4.90 Å². The molecule has 1 N–H and O–H groups in total. The lowest BCUT2D eigenvalue weighted by Crippen LogP contribution is -2.34. The first-order valence-corrected chi connectivity index (χ1v) is 8.90. The zero-order chi connectivity index (χ0) is 17.6. The molecule has 3 rings (SSSR count). The SMILES string of the molecule is N#C/C(=C(\O)C1CCN(Cc2ccccc2)CC1)c1ccc(Cl)cc1. The first-order chi connectivity index (χ1) is 12.2. The van der Waals surface area contributed by atoms with Gasteiger partial charge in [0.25, 0.3) is 0 Å². The third kappa shape index (κ3) is 4.42. The van der Waals surface area contributed by atoms with E-state index in [0.717, 1.165) is 38.0 Å². The second kappa shape index (κ2) is 8.20. The van der Waals surface area contributed by atoms with E-state index < -0.39 is 0 Å². The Hall–Kier alpha value is -2.28. The van der Waals surface area contributed by atoms with Crippen LogP contribution in [0.25, 0.3) is 5.57 Å². The first-order valence-electron chi connectivity index (χ1n) is 8.53. The highest BCUT2D eigenvalue weighted by Gasteiger charge is 2.25. The molecule has 0 aromatic heterocycles. The van der Waals surface area contributed by atoms with Crippen LogP contribution >= 0.6 is 11.6 Å². The number of hydrogen-bond donors (Lipinski definition) is 1. The number of halogens is 1. The summed E-state index contributed by atoms with van der Waals surface area (Å²) < 4.78 is 0. The van der Waals surface area contributed by atoms with Crippen molar-refractivity contribution in [2.45, 2.75) is 19.4 Å². The maximum Gasteiger partial charge on any atom is 0.114 e. The third-order valence-electron chi connectivity index (χ3n) is 4.72. The molecule has 0 radical (unpaired) electrons. The molecule has 0 atom stereocenters. The molecular formula is C21H21ClN2O. The van der Waals surface area contributed by atoms with Gasteiger partial charge >= 0.3 is 0 Å². The minimum Gasteiger partial charge on any atom is -0.511 e. The molecule has 1 fully saturated rings. The highest BCUT2D eigenvalue weighted by molar-refractivity contribution is 6.30. The summed E-state index contributed by atoms with van der Waals surface area (Å²) in [5.74, 6) is 0.251. The molecule has 3 nitrogen and oxygen atoms in total. The number of nitriles is 1. The summed E-state index contributed by atoms with van der Waals surface area (Å²) in [6, 6.07) is 19.6. The van der Waals surface area contributed by atoms with Gasteiger partial charge in [-0.1, -0.05) is 54.1 Å². The Kier molecular flexibility index (Phi) is 5.75. The molecule has 0 spiro atoms. The number of allylic oxidation sites excluding steroid dienone is 2. The molecule has 1 aliphatic heterocycles. The van der Waals surface area contributed by atoms with Gasteiger partial charge in [-0.15, -0.1) is 0 Å². The van der Waals surface area contributed by atoms with Gasteiger partial charge in [-0.05, 0) is 49.2 Å². The van der Waals surface area contributed by atoms with Crippen molar-refractivity contribution in [2.75, 3.05) is 13.1 Å². The molecule has 4 heteroatoms. The van der Waals surface area contributed by atoms with Crippen molar-refractivity contribution in [1.29, 1.82) is 5.26 Å². The molecule has 0 unspecified atom stereocenters. The number of benzene rings is 2. The summed E-state index contributed by atoms with van der Waals surface area (Å²) in [4.78, 5) is 2.40. The van der Waals surface area contributed by atoms with Crippen LogP contribution in [0.2, 0.25) is 5.02 Å². The summed E-state index contributed by atoms with van der Waals surface area (Å²) >= 11 is 5.90. The Morgan fingerprint density at radius 1 is 1.08 bits per heavy atom. The van der Waals surface area contributed by atoms with E-state index in [-0.39, 0.29) is 11.7 Å². The van der Waals surface area contributed by atoms with Gasteiger partial charge in [-0.25, -0.2) is 0 Å². The van der Waals surface area contributed by atoms with Gasteiger partial charge < -0.3 is 5.11 Å². The standard InChI is InChI=1S/C21H21ClN2O/c22-19-8-6-17(7-9-19)20(14-23)21(25)18-10-12-24(13-11-18)15-16-4-2-1-3-5-16/h1-9,18,25H,10-13,15H2/b21-20+. The molecule has 0 bridgehead atoms. The van der Waals surface area contributed by atoms with E-state index in [1.165, 1.54) is 5.56 Å². The lowest BCUT2D eigenvalue weighted by Gasteiger charge is -2.32.